The van der Waals surface area contributed by atoms with E-state index in [-0.39, 0.29) is 31.9 Å². The van der Waals surface area contributed by atoms with Crippen molar-refractivity contribution < 1.29 is 25.8 Å². The maximum atomic E-state index is 6.66. The quantitative estimate of drug-likeness (QED) is 0.135. The average Bonchev–Trinajstić information content (AvgIpc) is 3.80. The van der Waals surface area contributed by atoms with Gasteiger partial charge in [-0.25, -0.2) is 4.98 Å². The monoisotopic (exact) mass is 980 g/mol. The normalized spacial score (nSPS) is 12.9. The van der Waals surface area contributed by atoms with E-state index in [1.54, 1.807) is 0 Å². The molecule has 0 fully saturated rings. The molecule has 2 aromatic heterocycles. The number of ether oxygens (including phenoxy) is 1. The Morgan fingerprint density at radius 1 is 0.623 bits per heavy atom. The molecule has 0 saturated carbocycles. The van der Waals surface area contributed by atoms with Gasteiger partial charge in [0.1, 0.15) is 5.82 Å². The smallest absolute Gasteiger partial charge is 0.135 e. The molecular weight excluding hydrogens is 928 g/mol. The van der Waals surface area contributed by atoms with Crippen molar-refractivity contribution in [2.24, 2.45) is 0 Å². The number of anilines is 4. The first-order valence-electron chi connectivity index (χ1n) is 21.3. The summed E-state index contributed by atoms with van der Waals surface area (Å²) in [4.78, 5) is 9.45. The van der Waals surface area contributed by atoms with Crippen molar-refractivity contribution in [1.82, 2.24) is 9.55 Å². The van der Waals surface area contributed by atoms with Crippen LogP contribution in [0.2, 0.25) is 0 Å². The average molecular weight is 981 g/mol. The second-order valence-corrected chi connectivity index (χ2v) is 18.1. The molecule has 61 heavy (non-hydrogen) atoms. The van der Waals surface area contributed by atoms with E-state index in [0.717, 1.165) is 63.2 Å². The molecule has 1 aliphatic heterocycles. The third-order valence-electron chi connectivity index (χ3n) is 12.0. The van der Waals surface area contributed by atoms with Gasteiger partial charge in [-0.3, -0.25) is 0 Å². The summed E-state index contributed by atoms with van der Waals surface area (Å²) in [7, 11) is 0. The molecule has 0 spiro atoms. The van der Waals surface area contributed by atoms with Crippen molar-refractivity contribution in [3.63, 3.8) is 0 Å². The Kier molecular flexibility index (Phi) is 11.5. The Balaban J connectivity index is 0.00000514. The summed E-state index contributed by atoms with van der Waals surface area (Å²) >= 11 is 0. The van der Waals surface area contributed by atoms with Gasteiger partial charge in [-0.15, -0.1) is 48.1 Å². The number of rotatable bonds is 9. The minimum atomic E-state index is -0.0286. The predicted octanol–water partition coefficient (Wildman–Crippen LogP) is 15.1. The topological polar surface area (TPSA) is 33.5 Å². The number of hydrogen-bond acceptors (Lipinski definition) is 4. The second-order valence-electron chi connectivity index (χ2n) is 18.1. The molecule has 0 aliphatic carbocycles. The second kappa shape index (κ2) is 16.7. The molecule has 9 rings (SSSR count). The van der Waals surface area contributed by atoms with Crippen molar-refractivity contribution in [3.8, 4) is 28.4 Å². The molecule has 0 amide bonds. The molecule has 0 atom stereocenters. The molecule has 3 heterocycles. The molecule has 8 aromatic rings. The van der Waals surface area contributed by atoms with Crippen LogP contribution in [-0.2, 0) is 31.9 Å². The Labute approximate surface area is 376 Å². The maximum Gasteiger partial charge on any atom is 0.135 e. The number of benzene rings is 6. The molecule has 1 aliphatic rings. The number of aromatic nitrogens is 2. The van der Waals surface area contributed by atoms with Crippen molar-refractivity contribution in [3.05, 3.63) is 175 Å². The van der Waals surface area contributed by atoms with Gasteiger partial charge in [0.05, 0.1) is 0 Å². The summed E-state index contributed by atoms with van der Waals surface area (Å²) in [6, 6.07) is 55.0. The molecular formula is C55H53N4OPt-3. The van der Waals surface area contributed by atoms with Crippen molar-refractivity contribution in [1.29, 1.82) is 0 Å². The first-order chi connectivity index (χ1) is 28.9. The summed E-state index contributed by atoms with van der Waals surface area (Å²) in [5.74, 6) is 2.56. The third kappa shape index (κ3) is 8.13. The summed E-state index contributed by atoms with van der Waals surface area (Å²) in [5.41, 5.74) is 12.5. The van der Waals surface area contributed by atoms with Crippen LogP contribution in [-0.4, -0.2) is 9.55 Å². The van der Waals surface area contributed by atoms with E-state index in [1.165, 1.54) is 27.8 Å². The van der Waals surface area contributed by atoms with E-state index in [9.17, 15) is 0 Å². The van der Waals surface area contributed by atoms with Gasteiger partial charge in [0.15, 0.2) is 0 Å². The Morgan fingerprint density at radius 2 is 1.34 bits per heavy atom. The molecule has 0 bridgehead atoms. The zero-order valence-electron chi connectivity index (χ0n) is 36.4. The number of hydrogen-bond donors (Lipinski definition) is 0. The minimum absolute atomic E-state index is 0. The van der Waals surface area contributed by atoms with E-state index in [1.807, 2.05) is 24.4 Å². The maximum absolute atomic E-state index is 6.66. The SMILES string of the molecule is CCC(CC)c1cc(-c2ccccc2)cc(N2[CH-]N(c3[c-]c(Oc4[c-]c5c(cc4)c4ccccc4n5-c4cc(C(C)(C)C)ccn4)ccc3)c3cc(C(C)(C)C)ccc32)c1.[Pt]. The van der Waals surface area contributed by atoms with Crippen molar-refractivity contribution in [2.45, 2.75) is 85.0 Å². The van der Waals surface area contributed by atoms with Crippen LogP contribution in [0.25, 0.3) is 38.8 Å². The van der Waals surface area contributed by atoms with Crippen LogP contribution >= 0.6 is 0 Å². The number of nitrogens with zero attached hydrogens (tertiary/aromatic N) is 4. The molecule has 0 unspecified atom stereocenters. The van der Waals surface area contributed by atoms with Gasteiger partial charge in [0.2, 0.25) is 0 Å². The Bertz CT molecular complexity index is 2840. The summed E-state index contributed by atoms with van der Waals surface area (Å²) in [6.45, 7) is 20.3. The van der Waals surface area contributed by atoms with E-state index >= 15 is 0 Å². The standard InChI is InChI=1S/C55H53N4O.Pt/c1-9-37(10-2)39-29-40(38-17-12-11-13-18-38)31-44(30-39)58-36-57(52-32-41(54(3,4)5)23-26-50(52)58)43-19-16-20-45(34-43)60-46-24-25-48-47-21-14-15-22-49(47)59(51(48)35-46)53-33-42(27-28-56-53)55(6,7)8;/h11-33,36-37H,9-10H2,1-8H3;/q-3;. The summed E-state index contributed by atoms with van der Waals surface area (Å²) < 4.78 is 8.86. The predicted molar refractivity (Wildman–Crippen MR) is 250 cm³/mol. The largest absolute Gasteiger partial charge is 0.509 e. The fraction of sp³-hybridized carbons (Fsp3) is 0.236. The van der Waals surface area contributed by atoms with Crippen LogP contribution in [0.5, 0.6) is 11.5 Å². The van der Waals surface area contributed by atoms with E-state index in [0.29, 0.717) is 17.4 Å². The zero-order chi connectivity index (χ0) is 41.8. The van der Waals surface area contributed by atoms with Gasteiger partial charge in [0.25, 0.3) is 0 Å². The van der Waals surface area contributed by atoms with Gasteiger partial charge in [-0.1, -0.05) is 122 Å². The zero-order valence-corrected chi connectivity index (χ0v) is 38.6. The number of fused-ring (bicyclic) bond motifs is 4. The minimum Gasteiger partial charge on any atom is -0.509 e. The molecule has 6 aromatic carbocycles. The van der Waals surface area contributed by atoms with Crippen molar-refractivity contribution >= 4 is 44.6 Å². The third-order valence-corrected chi connectivity index (χ3v) is 12.0. The van der Waals surface area contributed by atoms with E-state index in [2.05, 4.69) is 204 Å². The van der Waals surface area contributed by atoms with Gasteiger partial charge >= 0.3 is 0 Å². The van der Waals surface area contributed by atoms with Crippen molar-refractivity contribution in [2.75, 3.05) is 9.80 Å². The van der Waals surface area contributed by atoms with E-state index < -0.39 is 0 Å². The molecule has 6 heteroatoms. The number of para-hydroxylation sites is 1. The van der Waals surface area contributed by atoms with Crippen LogP contribution in [0.15, 0.2) is 140 Å². The Morgan fingerprint density at radius 3 is 2.10 bits per heavy atom. The van der Waals surface area contributed by atoms with Crippen LogP contribution in [0.1, 0.15) is 90.8 Å². The molecule has 5 nitrogen and oxygen atoms in total. The van der Waals surface area contributed by atoms with Gasteiger partial charge in [-0.2, -0.15) is 12.1 Å². The van der Waals surface area contributed by atoms with Gasteiger partial charge < -0.3 is 19.1 Å². The van der Waals surface area contributed by atoms with Crippen LogP contribution in [0, 0.1) is 18.8 Å². The number of pyridine rings is 1. The molecule has 0 saturated heterocycles. The molecule has 0 radical (unpaired) electrons. The van der Waals surface area contributed by atoms with E-state index in [4.69, 9.17) is 9.72 Å². The first-order valence-corrected chi connectivity index (χ1v) is 21.3. The fourth-order valence-corrected chi connectivity index (χ4v) is 8.52. The van der Waals surface area contributed by atoms with Crippen LogP contribution in [0.4, 0.5) is 22.7 Å². The van der Waals surface area contributed by atoms with Gasteiger partial charge in [0, 0.05) is 61.3 Å². The summed E-state index contributed by atoms with van der Waals surface area (Å²) in [5, 5.41) is 2.25. The van der Waals surface area contributed by atoms with Crippen LogP contribution < -0.4 is 14.5 Å². The molecule has 0 N–H and O–H groups in total. The molecule has 312 valence electrons. The first kappa shape index (κ1) is 42.1. The fourth-order valence-electron chi connectivity index (χ4n) is 8.52. The summed E-state index contributed by atoms with van der Waals surface area (Å²) in [6.07, 6.45) is 4.08. The Hall–Kier alpha value is -5.64. The van der Waals surface area contributed by atoms with Crippen LogP contribution in [0.3, 0.4) is 0 Å². The van der Waals surface area contributed by atoms with Gasteiger partial charge in [-0.05, 0) is 105 Å².